The molecule has 3 amide bonds. The number of hydrogen-bond donors (Lipinski definition) is 6. The number of fused-ring (bicyclic) bond motifs is 1. The van der Waals surface area contributed by atoms with Gasteiger partial charge < -0.3 is 25.5 Å². The number of nitrogens with two attached hydrogens (primary N) is 1. The number of aromatic nitrogens is 1. The van der Waals surface area contributed by atoms with Crippen molar-refractivity contribution in [2.24, 2.45) is 5.84 Å². The van der Waals surface area contributed by atoms with Gasteiger partial charge in [0.05, 0.1) is 17.8 Å². The van der Waals surface area contributed by atoms with Crippen LogP contribution in [0.4, 0.5) is 4.79 Å². The highest BCUT2D eigenvalue weighted by molar-refractivity contribution is 5.96. The average Bonchev–Trinajstić information content (AvgIpc) is 3.32. The zero-order valence-corrected chi connectivity index (χ0v) is 20.7. The lowest BCUT2D eigenvalue weighted by atomic mass is 10.0. The minimum absolute atomic E-state index is 0.0320. The summed E-state index contributed by atoms with van der Waals surface area (Å²) in [6.45, 7) is 3.61. The molecule has 0 aromatic carbocycles. The number of rotatable bonds is 6. The van der Waals surface area contributed by atoms with Gasteiger partial charge >= 0.3 is 6.03 Å². The lowest BCUT2D eigenvalue weighted by Crippen LogP contribution is -2.57. The number of aliphatic hydroxyl groups is 1. The molecule has 194 valence electrons. The molecule has 12 heteroatoms. The van der Waals surface area contributed by atoms with Crippen molar-refractivity contribution in [3.63, 3.8) is 0 Å². The lowest BCUT2D eigenvalue weighted by Gasteiger charge is -2.34. The molecule has 1 aliphatic carbocycles. The first-order valence-electron chi connectivity index (χ1n) is 12.3. The number of nitrogens with one attached hydrogen (secondary N) is 4. The third-order valence-corrected chi connectivity index (χ3v) is 6.97. The number of aliphatic hydroxyl groups excluding tert-OH is 1. The molecule has 3 heterocycles. The Labute approximate surface area is 210 Å². The van der Waals surface area contributed by atoms with Gasteiger partial charge in [-0.3, -0.25) is 26.0 Å². The summed E-state index contributed by atoms with van der Waals surface area (Å²) in [7, 11) is 1.77. The van der Waals surface area contributed by atoms with E-state index in [4.69, 9.17) is 11.3 Å². The molecule has 0 radical (unpaired) electrons. The van der Waals surface area contributed by atoms with Gasteiger partial charge in [-0.15, -0.1) is 0 Å². The first kappa shape index (κ1) is 25.6. The Morgan fingerprint density at radius 1 is 1.36 bits per heavy atom. The normalized spacial score (nSPS) is 22.8. The van der Waals surface area contributed by atoms with E-state index in [1.807, 2.05) is 6.92 Å². The third-order valence-electron chi connectivity index (χ3n) is 6.97. The standard InChI is InChI=1S/C24H35N9O3/c1-3-31(2)24(36)32-11-10-15-13-27-18(12-16(15)14-32)23(35)29-21-9-4-6-17(28-21)22(25)33(30-26)19-7-5-8-20(19)34/h4,6,9,12-13,19-21,25,28,30,34H,3,5,7-8,10-11,14,26H2,1-2H3,(H,29,35). The zero-order chi connectivity index (χ0) is 25.8. The zero-order valence-electron chi connectivity index (χ0n) is 20.7. The molecule has 1 aromatic heterocycles. The van der Waals surface area contributed by atoms with E-state index in [2.05, 4.69) is 21.2 Å². The van der Waals surface area contributed by atoms with Gasteiger partial charge in [-0.25, -0.2) is 4.79 Å². The number of dihydropyridines is 1. The van der Waals surface area contributed by atoms with Gasteiger partial charge in [0.1, 0.15) is 11.9 Å². The van der Waals surface area contributed by atoms with Crippen molar-refractivity contribution in [2.45, 2.75) is 57.5 Å². The van der Waals surface area contributed by atoms with Gasteiger partial charge in [-0.05, 0) is 62.0 Å². The van der Waals surface area contributed by atoms with Crippen LogP contribution in [-0.4, -0.2) is 81.1 Å². The van der Waals surface area contributed by atoms with Crippen LogP contribution in [0, 0.1) is 5.41 Å². The van der Waals surface area contributed by atoms with E-state index in [1.165, 1.54) is 5.01 Å². The maximum Gasteiger partial charge on any atom is 0.320 e. The van der Waals surface area contributed by atoms with Crippen LogP contribution in [0.25, 0.3) is 0 Å². The van der Waals surface area contributed by atoms with Crippen LogP contribution in [0.1, 0.15) is 47.8 Å². The highest BCUT2D eigenvalue weighted by Gasteiger charge is 2.33. The van der Waals surface area contributed by atoms with Crippen LogP contribution >= 0.6 is 0 Å². The maximum atomic E-state index is 13.0. The van der Waals surface area contributed by atoms with Crippen molar-refractivity contribution in [3.8, 4) is 0 Å². The van der Waals surface area contributed by atoms with Crippen molar-refractivity contribution in [3.05, 3.63) is 53.0 Å². The summed E-state index contributed by atoms with van der Waals surface area (Å²) in [5, 5.41) is 26.3. The van der Waals surface area contributed by atoms with Crippen LogP contribution in [0.5, 0.6) is 0 Å². The fourth-order valence-corrected chi connectivity index (χ4v) is 4.75. The Morgan fingerprint density at radius 3 is 2.86 bits per heavy atom. The second kappa shape index (κ2) is 11.1. The number of nitrogens with zero attached hydrogens (tertiary/aromatic N) is 4. The van der Waals surface area contributed by atoms with E-state index in [0.717, 1.165) is 24.0 Å². The van der Waals surface area contributed by atoms with E-state index in [0.29, 0.717) is 38.2 Å². The molecule has 1 aromatic rings. The molecule has 3 aliphatic rings. The summed E-state index contributed by atoms with van der Waals surface area (Å²) in [6, 6.07) is 1.41. The number of hydrogen-bond acceptors (Lipinski definition) is 8. The highest BCUT2D eigenvalue weighted by Crippen LogP contribution is 2.24. The van der Waals surface area contributed by atoms with Crippen molar-refractivity contribution in [2.75, 3.05) is 20.1 Å². The first-order chi connectivity index (χ1) is 17.3. The SMILES string of the molecule is CCN(C)C(=O)N1CCc2cnc(C(=O)NC3C=CC=C(C(=N)N(NN)C4CCCC4O)N3)cc2C1. The first-order valence-corrected chi connectivity index (χ1v) is 12.3. The number of urea groups is 1. The molecule has 2 aliphatic heterocycles. The van der Waals surface area contributed by atoms with Gasteiger partial charge in [0.2, 0.25) is 0 Å². The molecule has 0 bridgehead atoms. The summed E-state index contributed by atoms with van der Waals surface area (Å²) in [4.78, 5) is 33.3. The third kappa shape index (κ3) is 5.35. The number of carbonyl (C=O) groups is 2. The minimum atomic E-state index is -0.569. The molecule has 1 saturated carbocycles. The Hall–Kier alpha value is -3.48. The van der Waals surface area contributed by atoms with Crippen LogP contribution in [-0.2, 0) is 13.0 Å². The molecule has 7 N–H and O–H groups in total. The van der Waals surface area contributed by atoms with Gasteiger partial charge in [-0.1, -0.05) is 6.08 Å². The number of pyridine rings is 1. The van der Waals surface area contributed by atoms with Crippen LogP contribution in [0.2, 0.25) is 0 Å². The van der Waals surface area contributed by atoms with Crippen LogP contribution in [0.3, 0.4) is 0 Å². The Bertz CT molecular complexity index is 1070. The summed E-state index contributed by atoms with van der Waals surface area (Å²) in [6.07, 6.45) is 8.73. The largest absolute Gasteiger partial charge is 0.391 e. The number of amidine groups is 1. The molecule has 3 atom stereocenters. The molecule has 4 rings (SSSR count). The number of hydrazine groups is 2. The van der Waals surface area contributed by atoms with E-state index in [1.54, 1.807) is 47.3 Å². The minimum Gasteiger partial charge on any atom is -0.391 e. The second-order valence-corrected chi connectivity index (χ2v) is 9.28. The molecular formula is C24H35N9O3. The van der Waals surface area contributed by atoms with E-state index < -0.39 is 12.3 Å². The molecule has 0 spiro atoms. The quantitative estimate of drug-likeness (QED) is 0.140. The van der Waals surface area contributed by atoms with Crippen LogP contribution in [0.15, 0.2) is 36.2 Å². The molecule has 12 nitrogen and oxygen atoms in total. The topological polar surface area (TPSA) is 163 Å². The highest BCUT2D eigenvalue weighted by atomic mass is 16.3. The summed E-state index contributed by atoms with van der Waals surface area (Å²) in [5.74, 6) is 5.36. The summed E-state index contributed by atoms with van der Waals surface area (Å²) in [5.41, 5.74) is 5.17. The number of carbonyl (C=O) groups excluding carboxylic acids is 2. The molecule has 36 heavy (non-hydrogen) atoms. The fraction of sp³-hybridized carbons (Fsp3) is 0.500. The Morgan fingerprint density at radius 2 is 2.17 bits per heavy atom. The number of allylic oxidation sites excluding steroid dienone is 2. The van der Waals surface area contributed by atoms with Crippen molar-refractivity contribution in [1.82, 2.24) is 36.0 Å². The fourth-order valence-electron chi connectivity index (χ4n) is 4.75. The molecule has 0 saturated heterocycles. The van der Waals surface area contributed by atoms with E-state index in [-0.39, 0.29) is 29.5 Å². The van der Waals surface area contributed by atoms with E-state index in [9.17, 15) is 14.7 Å². The van der Waals surface area contributed by atoms with Crippen molar-refractivity contribution in [1.29, 1.82) is 5.41 Å². The van der Waals surface area contributed by atoms with Gasteiger partial charge in [0.25, 0.3) is 5.91 Å². The molecular weight excluding hydrogens is 462 g/mol. The molecule has 3 unspecified atom stereocenters. The van der Waals surface area contributed by atoms with Crippen molar-refractivity contribution >= 4 is 17.8 Å². The average molecular weight is 498 g/mol. The smallest absolute Gasteiger partial charge is 0.320 e. The molecule has 1 fully saturated rings. The van der Waals surface area contributed by atoms with Gasteiger partial charge in [-0.2, -0.15) is 5.53 Å². The maximum absolute atomic E-state index is 13.0. The van der Waals surface area contributed by atoms with E-state index >= 15 is 0 Å². The summed E-state index contributed by atoms with van der Waals surface area (Å²) < 4.78 is 0. The Kier molecular flexibility index (Phi) is 7.87. The predicted molar refractivity (Wildman–Crippen MR) is 134 cm³/mol. The summed E-state index contributed by atoms with van der Waals surface area (Å²) >= 11 is 0. The second-order valence-electron chi connectivity index (χ2n) is 9.28. The lowest BCUT2D eigenvalue weighted by molar-refractivity contribution is 0.0839. The van der Waals surface area contributed by atoms with Gasteiger partial charge in [0.15, 0.2) is 5.84 Å². The van der Waals surface area contributed by atoms with Crippen molar-refractivity contribution < 1.29 is 14.7 Å². The monoisotopic (exact) mass is 497 g/mol. The van der Waals surface area contributed by atoms with Gasteiger partial charge in [0, 0.05) is 32.9 Å². The van der Waals surface area contributed by atoms with Crippen LogP contribution < -0.4 is 22.0 Å². The Balaban J connectivity index is 1.39. The predicted octanol–water partition coefficient (Wildman–Crippen LogP) is 0.182. The number of amides is 3.